The monoisotopic (exact) mass is 279 g/mol. The van der Waals surface area contributed by atoms with Gasteiger partial charge in [0.05, 0.1) is 18.1 Å². The molecule has 0 heterocycles. The minimum absolute atomic E-state index is 0.398. The summed E-state index contributed by atoms with van der Waals surface area (Å²) in [4.78, 5) is 0. The second-order valence-corrected chi connectivity index (χ2v) is 6.45. The summed E-state index contributed by atoms with van der Waals surface area (Å²) in [5, 5.41) is 9.72. The van der Waals surface area contributed by atoms with Gasteiger partial charge in [-0.15, -0.1) is 6.42 Å². The second-order valence-electron chi connectivity index (χ2n) is 6.45. The van der Waals surface area contributed by atoms with Crippen LogP contribution < -0.4 is 0 Å². The van der Waals surface area contributed by atoms with Crippen molar-refractivity contribution < 1.29 is 4.74 Å². The molecular weight excluding hydrogens is 258 g/mol. The molecule has 0 spiro atoms. The Morgan fingerprint density at radius 1 is 1.14 bits per heavy atom. The van der Waals surface area contributed by atoms with Gasteiger partial charge in [-0.05, 0) is 50.0 Å². The topological polar surface area (TPSA) is 33.0 Å². The van der Waals surface area contributed by atoms with Gasteiger partial charge < -0.3 is 4.74 Å². The number of hydrogen-bond acceptors (Lipinski definition) is 2. The Morgan fingerprint density at radius 2 is 1.81 bits per heavy atom. The van der Waals surface area contributed by atoms with Gasteiger partial charge in [0.1, 0.15) is 5.60 Å². The molecule has 108 valence electrons. The largest absolute Gasteiger partial charge is 0.362 e. The summed E-state index contributed by atoms with van der Waals surface area (Å²) in [6.07, 6.45) is 11.4. The molecule has 2 heteroatoms. The Kier molecular flexibility index (Phi) is 3.75. The number of nitrogens with zero attached hydrogens (tertiary/aromatic N) is 1. The minimum atomic E-state index is -0.447. The molecule has 21 heavy (non-hydrogen) atoms. The highest BCUT2D eigenvalue weighted by Gasteiger charge is 2.44. The van der Waals surface area contributed by atoms with Crippen molar-refractivity contribution in [1.29, 1.82) is 5.26 Å². The van der Waals surface area contributed by atoms with Crippen LogP contribution in [0.1, 0.15) is 44.1 Å². The van der Waals surface area contributed by atoms with Gasteiger partial charge in [0.15, 0.2) is 0 Å². The predicted octanol–water partition coefficient (Wildman–Crippen LogP) is 3.82. The highest BCUT2D eigenvalue weighted by Crippen LogP contribution is 2.44. The van der Waals surface area contributed by atoms with Crippen LogP contribution in [0.4, 0.5) is 0 Å². The fourth-order valence-electron chi connectivity index (χ4n) is 3.20. The summed E-state index contributed by atoms with van der Waals surface area (Å²) in [6, 6.07) is 12.6. The standard InChI is InChI=1S/C19H21NO/c1-2-19(21-14-16-8-9-16)12-10-18(15-20,11-13-19)17-6-4-3-5-7-17/h1,3-7,16H,8-14H2. The van der Waals surface area contributed by atoms with Crippen LogP contribution in [0, 0.1) is 29.6 Å². The third-order valence-corrected chi connectivity index (χ3v) is 5.01. The van der Waals surface area contributed by atoms with Crippen LogP contribution in [0.2, 0.25) is 0 Å². The van der Waals surface area contributed by atoms with Gasteiger partial charge in [0.25, 0.3) is 0 Å². The Bertz CT molecular complexity index is 566. The first-order valence-electron chi connectivity index (χ1n) is 7.80. The molecule has 0 bridgehead atoms. The Labute approximate surface area is 127 Å². The van der Waals surface area contributed by atoms with Crippen LogP contribution in [0.3, 0.4) is 0 Å². The van der Waals surface area contributed by atoms with Gasteiger partial charge in [-0.25, -0.2) is 0 Å². The van der Waals surface area contributed by atoms with Crippen molar-refractivity contribution in [3.05, 3.63) is 35.9 Å². The molecule has 0 radical (unpaired) electrons. The quantitative estimate of drug-likeness (QED) is 0.785. The van der Waals surface area contributed by atoms with Crippen molar-refractivity contribution in [2.24, 2.45) is 5.92 Å². The Balaban J connectivity index is 1.73. The van der Waals surface area contributed by atoms with E-state index >= 15 is 0 Å². The summed E-state index contributed by atoms with van der Waals surface area (Å²) in [5.41, 5.74) is 0.266. The van der Waals surface area contributed by atoms with Gasteiger partial charge >= 0.3 is 0 Å². The van der Waals surface area contributed by atoms with Crippen molar-refractivity contribution in [2.75, 3.05) is 6.61 Å². The van der Waals surface area contributed by atoms with Crippen LogP contribution in [-0.2, 0) is 10.2 Å². The molecular formula is C19H21NO. The van der Waals surface area contributed by atoms with E-state index in [9.17, 15) is 5.26 Å². The van der Waals surface area contributed by atoms with Crippen molar-refractivity contribution in [3.8, 4) is 18.4 Å². The minimum Gasteiger partial charge on any atom is -0.362 e. The summed E-state index contributed by atoms with van der Waals surface area (Å²) < 4.78 is 6.07. The summed E-state index contributed by atoms with van der Waals surface area (Å²) >= 11 is 0. The average molecular weight is 279 g/mol. The second kappa shape index (κ2) is 5.55. The fraction of sp³-hybridized carbons (Fsp3) is 0.526. The molecule has 0 atom stereocenters. The summed E-state index contributed by atoms with van der Waals surface area (Å²) in [7, 11) is 0. The van der Waals surface area contributed by atoms with E-state index in [-0.39, 0.29) is 0 Å². The molecule has 2 aliphatic rings. The lowest BCUT2D eigenvalue weighted by Gasteiger charge is -2.40. The van der Waals surface area contributed by atoms with Crippen LogP contribution in [0.5, 0.6) is 0 Å². The fourth-order valence-corrected chi connectivity index (χ4v) is 3.20. The number of nitriles is 1. The summed E-state index contributed by atoms with van der Waals surface area (Å²) in [6.45, 7) is 0.787. The molecule has 2 nitrogen and oxygen atoms in total. The van der Waals surface area contributed by atoms with E-state index in [2.05, 4.69) is 24.1 Å². The van der Waals surface area contributed by atoms with Crippen LogP contribution >= 0.6 is 0 Å². The molecule has 0 aromatic heterocycles. The predicted molar refractivity (Wildman–Crippen MR) is 82.4 cm³/mol. The summed E-state index contributed by atoms with van der Waals surface area (Å²) in [5.74, 6) is 3.60. The Hall–Kier alpha value is -1.77. The first-order valence-corrected chi connectivity index (χ1v) is 7.80. The third kappa shape index (κ3) is 2.82. The zero-order chi connectivity index (χ0) is 14.8. The molecule has 0 unspecified atom stereocenters. The van der Waals surface area contributed by atoms with E-state index in [1.54, 1.807) is 0 Å². The van der Waals surface area contributed by atoms with Crippen LogP contribution in [0.25, 0.3) is 0 Å². The highest BCUT2D eigenvalue weighted by atomic mass is 16.5. The molecule has 0 N–H and O–H groups in total. The van der Waals surface area contributed by atoms with Crippen molar-refractivity contribution in [2.45, 2.75) is 49.5 Å². The SMILES string of the molecule is C#CC1(OCC2CC2)CCC(C#N)(c2ccccc2)CC1. The lowest BCUT2D eigenvalue weighted by Crippen LogP contribution is -2.42. The van der Waals surface area contributed by atoms with Crippen LogP contribution in [0.15, 0.2) is 30.3 Å². The molecule has 3 rings (SSSR count). The van der Waals surface area contributed by atoms with Crippen molar-refractivity contribution in [3.63, 3.8) is 0 Å². The smallest absolute Gasteiger partial charge is 0.128 e. The van der Waals surface area contributed by atoms with Gasteiger partial charge in [0, 0.05) is 0 Å². The molecule has 0 aliphatic heterocycles. The average Bonchev–Trinajstić information content (AvgIpc) is 3.39. The van der Waals surface area contributed by atoms with E-state index in [1.807, 2.05) is 18.2 Å². The van der Waals surface area contributed by atoms with Gasteiger partial charge in [-0.1, -0.05) is 36.3 Å². The lowest BCUT2D eigenvalue weighted by atomic mass is 9.66. The first-order chi connectivity index (χ1) is 10.2. The number of ether oxygens (including phenoxy) is 1. The maximum atomic E-state index is 9.72. The van der Waals surface area contributed by atoms with Crippen LogP contribution in [-0.4, -0.2) is 12.2 Å². The van der Waals surface area contributed by atoms with Crippen molar-refractivity contribution >= 4 is 0 Å². The van der Waals surface area contributed by atoms with E-state index in [0.29, 0.717) is 5.92 Å². The van der Waals surface area contributed by atoms with Gasteiger partial charge in [-0.2, -0.15) is 5.26 Å². The first kappa shape index (κ1) is 14.2. The molecule has 0 amide bonds. The number of rotatable bonds is 4. The van der Waals surface area contributed by atoms with E-state index in [1.165, 1.54) is 12.8 Å². The zero-order valence-corrected chi connectivity index (χ0v) is 12.3. The van der Waals surface area contributed by atoms with Gasteiger partial charge in [-0.3, -0.25) is 0 Å². The molecule has 2 aliphatic carbocycles. The zero-order valence-electron chi connectivity index (χ0n) is 12.3. The highest BCUT2D eigenvalue weighted by molar-refractivity contribution is 5.34. The number of hydrogen-bond donors (Lipinski definition) is 0. The maximum Gasteiger partial charge on any atom is 0.128 e. The maximum absolute atomic E-state index is 9.72. The van der Waals surface area contributed by atoms with E-state index in [0.717, 1.165) is 37.9 Å². The molecule has 2 saturated carbocycles. The van der Waals surface area contributed by atoms with E-state index < -0.39 is 11.0 Å². The van der Waals surface area contributed by atoms with Crippen molar-refractivity contribution in [1.82, 2.24) is 0 Å². The molecule has 2 fully saturated rings. The van der Waals surface area contributed by atoms with Gasteiger partial charge in [0.2, 0.25) is 0 Å². The lowest BCUT2D eigenvalue weighted by molar-refractivity contribution is -0.0395. The molecule has 1 aromatic rings. The molecule has 0 saturated heterocycles. The van der Waals surface area contributed by atoms with E-state index in [4.69, 9.17) is 11.2 Å². The third-order valence-electron chi connectivity index (χ3n) is 5.01. The molecule has 1 aromatic carbocycles. The number of terminal acetylenes is 1. The normalized spacial score (nSPS) is 32.1. The number of benzene rings is 1. The Morgan fingerprint density at radius 3 is 2.33 bits per heavy atom.